The van der Waals surface area contributed by atoms with E-state index in [1.165, 1.54) is 4.88 Å². The lowest BCUT2D eigenvalue weighted by molar-refractivity contribution is -0.122. The molecule has 1 atom stereocenters. The normalized spacial score (nSPS) is 19.5. The van der Waals surface area contributed by atoms with Crippen molar-refractivity contribution in [3.63, 3.8) is 0 Å². The predicted octanol–water partition coefficient (Wildman–Crippen LogP) is 1.17. The second-order valence-electron chi connectivity index (χ2n) is 4.43. The molecule has 4 nitrogen and oxygen atoms in total. The van der Waals surface area contributed by atoms with Crippen molar-refractivity contribution in [2.75, 3.05) is 13.1 Å². The van der Waals surface area contributed by atoms with Gasteiger partial charge in [0.2, 0.25) is 5.91 Å². The van der Waals surface area contributed by atoms with Crippen LogP contribution in [0.25, 0.3) is 0 Å². The fourth-order valence-corrected chi connectivity index (χ4v) is 3.07. The third-order valence-corrected chi connectivity index (χ3v) is 4.16. The van der Waals surface area contributed by atoms with Crippen LogP contribution in [0.15, 0.2) is 0 Å². The molecule has 0 aliphatic carbocycles. The summed E-state index contributed by atoms with van der Waals surface area (Å²) >= 11 is 1.72. The SMILES string of the molecule is Cc1nc(C)c(CCNC(=O)[C@@H]2CCCN2)s1. The summed E-state index contributed by atoms with van der Waals surface area (Å²) in [6.07, 6.45) is 2.95. The molecule has 2 N–H and O–H groups in total. The first-order chi connectivity index (χ1) is 8.16. The molecule has 0 aromatic carbocycles. The van der Waals surface area contributed by atoms with Crippen molar-refractivity contribution >= 4 is 17.2 Å². The number of aromatic nitrogens is 1. The van der Waals surface area contributed by atoms with E-state index in [-0.39, 0.29) is 11.9 Å². The van der Waals surface area contributed by atoms with Crippen molar-refractivity contribution in [3.05, 3.63) is 15.6 Å². The molecule has 1 aliphatic rings. The van der Waals surface area contributed by atoms with Crippen LogP contribution in [0.5, 0.6) is 0 Å². The molecule has 94 valence electrons. The first-order valence-corrected chi connectivity index (χ1v) is 6.92. The van der Waals surface area contributed by atoms with E-state index in [0.717, 1.165) is 36.5 Å². The van der Waals surface area contributed by atoms with Crippen LogP contribution in [-0.4, -0.2) is 30.0 Å². The third-order valence-electron chi connectivity index (χ3n) is 3.03. The minimum absolute atomic E-state index is 0.0271. The van der Waals surface area contributed by atoms with Crippen LogP contribution in [-0.2, 0) is 11.2 Å². The Kier molecular flexibility index (Phi) is 4.12. The Bertz CT molecular complexity index is 396. The van der Waals surface area contributed by atoms with Gasteiger partial charge in [-0.1, -0.05) is 0 Å². The van der Waals surface area contributed by atoms with E-state index in [1.807, 2.05) is 13.8 Å². The quantitative estimate of drug-likeness (QED) is 0.847. The zero-order valence-corrected chi connectivity index (χ0v) is 11.2. The maximum atomic E-state index is 11.7. The molecule has 0 bridgehead atoms. The number of hydrogen-bond acceptors (Lipinski definition) is 4. The van der Waals surface area contributed by atoms with Crippen molar-refractivity contribution in [1.82, 2.24) is 15.6 Å². The Hall–Kier alpha value is -0.940. The molecule has 5 heteroatoms. The summed E-state index contributed by atoms with van der Waals surface area (Å²) in [6, 6.07) is 0.0271. The van der Waals surface area contributed by atoms with E-state index >= 15 is 0 Å². The molecule has 1 aromatic rings. The topological polar surface area (TPSA) is 54.0 Å². The van der Waals surface area contributed by atoms with Crippen molar-refractivity contribution in [2.24, 2.45) is 0 Å². The molecule has 0 saturated carbocycles. The van der Waals surface area contributed by atoms with Crippen LogP contribution < -0.4 is 10.6 Å². The summed E-state index contributed by atoms with van der Waals surface area (Å²) in [6.45, 7) is 5.71. The van der Waals surface area contributed by atoms with Gasteiger partial charge in [0.15, 0.2) is 0 Å². The Morgan fingerprint density at radius 1 is 1.59 bits per heavy atom. The summed E-state index contributed by atoms with van der Waals surface area (Å²) in [4.78, 5) is 17.4. The Balaban J connectivity index is 1.75. The molecule has 1 saturated heterocycles. The number of nitrogens with one attached hydrogen (secondary N) is 2. The lowest BCUT2D eigenvalue weighted by atomic mass is 10.2. The van der Waals surface area contributed by atoms with Crippen molar-refractivity contribution < 1.29 is 4.79 Å². The van der Waals surface area contributed by atoms with Gasteiger partial charge in [0.1, 0.15) is 0 Å². The molecule has 17 heavy (non-hydrogen) atoms. The average Bonchev–Trinajstić information content (AvgIpc) is 2.89. The highest BCUT2D eigenvalue weighted by atomic mass is 32.1. The number of aryl methyl sites for hydroxylation is 2. The number of amides is 1. The van der Waals surface area contributed by atoms with Gasteiger partial charge in [0, 0.05) is 17.8 Å². The minimum Gasteiger partial charge on any atom is -0.354 e. The van der Waals surface area contributed by atoms with Crippen LogP contribution >= 0.6 is 11.3 Å². The average molecular weight is 253 g/mol. The fourth-order valence-electron chi connectivity index (χ4n) is 2.14. The van der Waals surface area contributed by atoms with E-state index in [2.05, 4.69) is 15.6 Å². The Morgan fingerprint density at radius 3 is 3.00 bits per heavy atom. The molecule has 0 unspecified atom stereocenters. The van der Waals surface area contributed by atoms with Crippen molar-refractivity contribution in [3.8, 4) is 0 Å². The number of thiazole rings is 1. The predicted molar refractivity (Wildman–Crippen MR) is 69.3 cm³/mol. The number of hydrogen-bond donors (Lipinski definition) is 2. The van der Waals surface area contributed by atoms with Gasteiger partial charge in [-0.25, -0.2) is 4.98 Å². The van der Waals surface area contributed by atoms with E-state index in [1.54, 1.807) is 11.3 Å². The van der Waals surface area contributed by atoms with Gasteiger partial charge in [-0.2, -0.15) is 0 Å². The highest BCUT2D eigenvalue weighted by molar-refractivity contribution is 7.11. The number of carbonyl (C=O) groups is 1. The monoisotopic (exact) mass is 253 g/mol. The Labute approximate surface area is 106 Å². The first kappa shape index (κ1) is 12.5. The molecule has 2 rings (SSSR count). The van der Waals surface area contributed by atoms with Gasteiger partial charge in [0.05, 0.1) is 16.7 Å². The summed E-state index contributed by atoms with van der Waals surface area (Å²) < 4.78 is 0. The number of carbonyl (C=O) groups excluding carboxylic acids is 1. The maximum absolute atomic E-state index is 11.7. The highest BCUT2D eigenvalue weighted by Gasteiger charge is 2.21. The molecule has 1 aromatic heterocycles. The molecular weight excluding hydrogens is 234 g/mol. The number of nitrogens with zero attached hydrogens (tertiary/aromatic N) is 1. The summed E-state index contributed by atoms with van der Waals surface area (Å²) in [5.41, 5.74) is 1.10. The van der Waals surface area contributed by atoms with E-state index < -0.39 is 0 Å². The molecule has 1 aliphatic heterocycles. The van der Waals surface area contributed by atoms with Crippen molar-refractivity contribution in [2.45, 2.75) is 39.2 Å². The fraction of sp³-hybridized carbons (Fsp3) is 0.667. The molecular formula is C12H19N3OS. The van der Waals surface area contributed by atoms with Gasteiger partial charge in [-0.05, 0) is 33.2 Å². The van der Waals surface area contributed by atoms with Crippen LogP contribution in [0.2, 0.25) is 0 Å². The van der Waals surface area contributed by atoms with Gasteiger partial charge in [-0.15, -0.1) is 11.3 Å². The van der Waals surface area contributed by atoms with Gasteiger partial charge in [0.25, 0.3) is 0 Å². The standard InChI is InChI=1S/C12H19N3OS/c1-8-11(17-9(2)15-8)5-7-14-12(16)10-4-3-6-13-10/h10,13H,3-7H2,1-2H3,(H,14,16)/t10-/m0/s1. The van der Waals surface area contributed by atoms with Crippen LogP contribution in [0.1, 0.15) is 28.4 Å². The maximum Gasteiger partial charge on any atom is 0.237 e. The Morgan fingerprint density at radius 2 is 2.41 bits per heavy atom. The molecule has 0 radical (unpaired) electrons. The largest absolute Gasteiger partial charge is 0.354 e. The minimum atomic E-state index is 0.0271. The molecule has 1 fully saturated rings. The highest BCUT2D eigenvalue weighted by Crippen LogP contribution is 2.17. The zero-order chi connectivity index (χ0) is 12.3. The van der Waals surface area contributed by atoms with Crippen molar-refractivity contribution in [1.29, 1.82) is 0 Å². The van der Waals surface area contributed by atoms with Gasteiger partial charge >= 0.3 is 0 Å². The van der Waals surface area contributed by atoms with Crippen LogP contribution in [0.4, 0.5) is 0 Å². The van der Waals surface area contributed by atoms with E-state index in [0.29, 0.717) is 6.54 Å². The second kappa shape index (κ2) is 5.60. The zero-order valence-electron chi connectivity index (χ0n) is 10.4. The summed E-state index contributed by atoms with van der Waals surface area (Å²) in [7, 11) is 0. The lowest BCUT2D eigenvalue weighted by Crippen LogP contribution is -2.41. The first-order valence-electron chi connectivity index (χ1n) is 6.11. The van der Waals surface area contributed by atoms with Gasteiger partial charge in [-0.3, -0.25) is 4.79 Å². The van der Waals surface area contributed by atoms with E-state index in [9.17, 15) is 4.79 Å². The summed E-state index contributed by atoms with van der Waals surface area (Å²) in [5, 5.41) is 7.28. The summed E-state index contributed by atoms with van der Waals surface area (Å²) in [5.74, 6) is 0.140. The van der Waals surface area contributed by atoms with Gasteiger partial charge < -0.3 is 10.6 Å². The number of rotatable bonds is 4. The van der Waals surface area contributed by atoms with E-state index in [4.69, 9.17) is 0 Å². The smallest absolute Gasteiger partial charge is 0.237 e. The third kappa shape index (κ3) is 3.26. The van der Waals surface area contributed by atoms with Crippen LogP contribution in [0.3, 0.4) is 0 Å². The molecule has 0 spiro atoms. The van der Waals surface area contributed by atoms with Crippen LogP contribution in [0, 0.1) is 13.8 Å². The lowest BCUT2D eigenvalue weighted by Gasteiger charge is -2.10. The second-order valence-corrected chi connectivity index (χ2v) is 5.72. The molecule has 1 amide bonds. The molecule has 2 heterocycles.